The molecule has 1 saturated heterocycles. The first-order chi connectivity index (χ1) is 10.00. The standard InChI is InChI=1S/C13H18N4O3S/c1-9(2)12-6-10(16-20-12)11-4-3-5-17(11)21(18,19)13-7-14-8-15-13/h6-9,11H,3-5H2,1-2H3,(H,14,15). The molecule has 1 aliphatic rings. The minimum atomic E-state index is -3.57. The Morgan fingerprint density at radius 3 is 2.90 bits per heavy atom. The Labute approximate surface area is 123 Å². The number of sulfonamides is 1. The van der Waals surface area contributed by atoms with Gasteiger partial charge in [0.15, 0.2) is 5.03 Å². The first-order valence-electron chi connectivity index (χ1n) is 6.97. The minimum absolute atomic E-state index is 0.113. The maximum atomic E-state index is 12.6. The van der Waals surface area contributed by atoms with E-state index in [1.807, 2.05) is 19.9 Å². The summed E-state index contributed by atoms with van der Waals surface area (Å²) in [5.41, 5.74) is 0.680. The molecule has 8 heteroatoms. The Kier molecular flexibility index (Phi) is 3.58. The van der Waals surface area contributed by atoms with Gasteiger partial charge in [0.2, 0.25) is 0 Å². The largest absolute Gasteiger partial charge is 0.361 e. The average Bonchev–Trinajstić information content (AvgIpc) is 3.19. The molecule has 114 valence electrons. The van der Waals surface area contributed by atoms with E-state index in [-0.39, 0.29) is 17.0 Å². The van der Waals surface area contributed by atoms with Crippen molar-refractivity contribution in [2.24, 2.45) is 0 Å². The minimum Gasteiger partial charge on any atom is -0.361 e. The van der Waals surface area contributed by atoms with Crippen molar-refractivity contribution in [3.63, 3.8) is 0 Å². The number of rotatable bonds is 4. The zero-order valence-corrected chi connectivity index (χ0v) is 12.8. The number of imidazole rings is 1. The van der Waals surface area contributed by atoms with Crippen molar-refractivity contribution in [1.82, 2.24) is 19.4 Å². The summed E-state index contributed by atoms with van der Waals surface area (Å²) in [6.07, 6.45) is 4.25. The summed E-state index contributed by atoms with van der Waals surface area (Å²) in [6.45, 7) is 4.51. The molecule has 1 N–H and O–H groups in total. The smallest absolute Gasteiger partial charge is 0.260 e. The Morgan fingerprint density at radius 1 is 1.48 bits per heavy atom. The molecule has 21 heavy (non-hydrogen) atoms. The van der Waals surface area contributed by atoms with E-state index in [0.29, 0.717) is 12.2 Å². The molecule has 0 aliphatic carbocycles. The van der Waals surface area contributed by atoms with E-state index in [2.05, 4.69) is 15.1 Å². The molecule has 1 atom stereocenters. The highest BCUT2D eigenvalue weighted by atomic mass is 32.2. The topological polar surface area (TPSA) is 92.1 Å². The van der Waals surface area contributed by atoms with Crippen LogP contribution in [0.4, 0.5) is 0 Å². The molecule has 0 radical (unpaired) electrons. The van der Waals surface area contributed by atoms with Gasteiger partial charge in [-0.3, -0.25) is 0 Å². The molecule has 1 aliphatic heterocycles. The quantitative estimate of drug-likeness (QED) is 0.933. The predicted octanol–water partition coefficient (Wildman–Crippen LogP) is 2.05. The lowest BCUT2D eigenvalue weighted by atomic mass is 10.1. The Morgan fingerprint density at radius 2 is 2.29 bits per heavy atom. The highest BCUT2D eigenvalue weighted by Crippen LogP contribution is 2.36. The van der Waals surface area contributed by atoms with Gasteiger partial charge in [0.05, 0.1) is 18.6 Å². The van der Waals surface area contributed by atoms with Crippen molar-refractivity contribution in [1.29, 1.82) is 0 Å². The van der Waals surface area contributed by atoms with Crippen LogP contribution in [0.15, 0.2) is 28.1 Å². The van der Waals surface area contributed by atoms with E-state index < -0.39 is 10.0 Å². The molecule has 0 bridgehead atoms. The molecule has 1 unspecified atom stereocenters. The normalized spacial score (nSPS) is 20.4. The van der Waals surface area contributed by atoms with Crippen molar-refractivity contribution in [2.75, 3.05) is 6.54 Å². The molecular formula is C13H18N4O3S. The average molecular weight is 310 g/mol. The lowest BCUT2D eigenvalue weighted by Crippen LogP contribution is -2.31. The van der Waals surface area contributed by atoms with Gasteiger partial charge in [0.25, 0.3) is 10.0 Å². The number of hydrogen-bond donors (Lipinski definition) is 1. The van der Waals surface area contributed by atoms with Gasteiger partial charge < -0.3 is 9.51 Å². The summed E-state index contributed by atoms with van der Waals surface area (Å²) in [5, 5.41) is 4.17. The highest BCUT2D eigenvalue weighted by Gasteiger charge is 2.38. The van der Waals surface area contributed by atoms with Crippen LogP contribution < -0.4 is 0 Å². The van der Waals surface area contributed by atoms with Crippen LogP contribution in [0.2, 0.25) is 0 Å². The molecular weight excluding hydrogens is 292 g/mol. The lowest BCUT2D eigenvalue weighted by Gasteiger charge is -2.21. The van der Waals surface area contributed by atoms with E-state index >= 15 is 0 Å². The van der Waals surface area contributed by atoms with Gasteiger partial charge in [0.1, 0.15) is 11.5 Å². The Hall–Kier alpha value is -1.67. The molecule has 0 saturated carbocycles. The molecule has 3 heterocycles. The van der Waals surface area contributed by atoms with Crippen molar-refractivity contribution in [2.45, 2.75) is 43.7 Å². The van der Waals surface area contributed by atoms with Crippen LogP contribution in [0.25, 0.3) is 0 Å². The lowest BCUT2D eigenvalue weighted by molar-refractivity contribution is 0.338. The summed E-state index contributed by atoms with van der Waals surface area (Å²) in [6, 6.07) is 1.59. The molecule has 0 spiro atoms. The van der Waals surface area contributed by atoms with Crippen LogP contribution in [0.1, 0.15) is 50.1 Å². The van der Waals surface area contributed by atoms with Crippen LogP contribution in [-0.2, 0) is 10.0 Å². The van der Waals surface area contributed by atoms with Gasteiger partial charge in [-0.2, -0.15) is 4.31 Å². The number of aromatic nitrogens is 3. The second kappa shape index (κ2) is 5.27. The molecule has 2 aromatic rings. The molecule has 1 fully saturated rings. The van der Waals surface area contributed by atoms with Gasteiger partial charge in [-0.1, -0.05) is 19.0 Å². The van der Waals surface area contributed by atoms with Gasteiger partial charge in [-0.25, -0.2) is 13.4 Å². The van der Waals surface area contributed by atoms with Crippen LogP contribution in [0, 0.1) is 0 Å². The van der Waals surface area contributed by atoms with E-state index in [1.54, 1.807) is 0 Å². The molecule has 0 aromatic carbocycles. The maximum absolute atomic E-state index is 12.6. The Balaban J connectivity index is 1.92. The third-order valence-corrected chi connectivity index (χ3v) is 5.55. The van der Waals surface area contributed by atoms with Gasteiger partial charge >= 0.3 is 0 Å². The molecule has 7 nitrogen and oxygen atoms in total. The number of H-pyrrole nitrogens is 1. The number of nitrogens with zero attached hydrogens (tertiary/aromatic N) is 3. The van der Waals surface area contributed by atoms with Gasteiger partial charge in [0, 0.05) is 18.5 Å². The van der Waals surface area contributed by atoms with Crippen molar-refractivity contribution in [3.05, 3.63) is 30.0 Å². The second-order valence-corrected chi connectivity index (χ2v) is 7.36. The van der Waals surface area contributed by atoms with Crippen molar-refractivity contribution < 1.29 is 12.9 Å². The highest BCUT2D eigenvalue weighted by molar-refractivity contribution is 7.89. The first-order valence-corrected chi connectivity index (χ1v) is 8.41. The van der Waals surface area contributed by atoms with Gasteiger partial charge in [-0.15, -0.1) is 0 Å². The monoisotopic (exact) mass is 310 g/mol. The fraction of sp³-hybridized carbons (Fsp3) is 0.538. The third-order valence-electron chi connectivity index (χ3n) is 3.72. The van der Waals surface area contributed by atoms with Crippen LogP contribution in [0.3, 0.4) is 0 Å². The van der Waals surface area contributed by atoms with Crippen LogP contribution in [0.5, 0.6) is 0 Å². The summed E-state index contributed by atoms with van der Waals surface area (Å²) in [5.74, 6) is 1.00. The summed E-state index contributed by atoms with van der Waals surface area (Å²) in [7, 11) is -3.57. The van der Waals surface area contributed by atoms with E-state index in [0.717, 1.165) is 18.6 Å². The fourth-order valence-corrected chi connectivity index (χ4v) is 4.13. The van der Waals surface area contributed by atoms with Crippen molar-refractivity contribution >= 4 is 10.0 Å². The molecule has 3 rings (SSSR count). The summed E-state index contributed by atoms with van der Waals surface area (Å²) < 4.78 is 32.0. The first kappa shape index (κ1) is 14.3. The van der Waals surface area contributed by atoms with E-state index in [1.165, 1.54) is 16.8 Å². The molecule has 2 aromatic heterocycles. The van der Waals surface area contributed by atoms with Crippen LogP contribution >= 0.6 is 0 Å². The second-order valence-electron chi connectivity index (χ2n) is 5.50. The molecule has 0 amide bonds. The van der Waals surface area contributed by atoms with E-state index in [4.69, 9.17) is 4.52 Å². The number of nitrogens with one attached hydrogen (secondary N) is 1. The predicted molar refractivity (Wildman–Crippen MR) is 75.0 cm³/mol. The Bertz CT molecular complexity index is 706. The number of aromatic amines is 1. The SMILES string of the molecule is CC(C)c1cc(C2CCCN2S(=O)(=O)c2cnc[nH]2)no1. The zero-order valence-electron chi connectivity index (χ0n) is 12.0. The zero-order chi connectivity index (χ0) is 15.0. The summed E-state index contributed by atoms with van der Waals surface area (Å²) in [4.78, 5) is 6.45. The third kappa shape index (κ3) is 2.49. The van der Waals surface area contributed by atoms with Crippen molar-refractivity contribution in [3.8, 4) is 0 Å². The number of hydrogen-bond acceptors (Lipinski definition) is 5. The van der Waals surface area contributed by atoms with Crippen LogP contribution in [-0.4, -0.2) is 34.4 Å². The maximum Gasteiger partial charge on any atom is 0.260 e. The van der Waals surface area contributed by atoms with E-state index in [9.17, 15) is 8.42 Å². The fourth-order valence-electron chi connectivity index (χ4n) is 2.57. The van der Waals surface area contributed by atoms with Gasteiger partial charge in [-0.05, 0) is 12.8 Å². The summed E-state index contributed by atoms with van der Waals surface area (Å²) >= 11 is 0.